The maximum absolute atomic E-state index is 2.52. The number of hydrogen-bond donors (Lipinski definition) is 0. The molecule has 2 aromatic rings. The Morgan fingerprint density at radius 2 is 1.45 bits per heavy atom. The highest BCUT2D eigenvalue weighted by Gasteiger charge is 2.48. The lowest BCUT2D eigenvalue weighted by atomic mass is 9.73. The molecule has 2 nitrogen and oxygen atoms in total. The predicted octanol–water partition coefficient (Wildman–Crippen LogP) is 6.56. The fraction of sp³-hybridized carbons (Fsp3) is 0.444. The van der Waals surface area contributed by atoms with E-state index in [1.54, 1.807) is 0 Å². The van der Waals surface area contributed by atoms with Crippen molar-refractivity contribution in [3.8, 4) is 0 Å². The Morgan fingerprint density at radius 3 is 2.14 bits per heavy atom. The van der Waals surface area contributed by atoms with E-state index in [1.807, 2.05) is 0 Å². The van der Waals surface area contributed by atoms with Crippen LogP contribution >= 0.6 is 0 Å². The van der Waals surface area contributed by atoms with Gasteiger partial charge in [0.2, 0.25) is 5.69 Å². The molecule has 29 heavy (non-hydrogen) atoms. The number of anilines is 1. The molecular weight excluding hydrogens is 352 g/mol. The van der Waals surface area contributed by atoms with E-state index in [4.69, 9.17) is 0 Å². The standard InChI is InChI=1S/C27H35N2/c1-7-17-26(3)20-13-9-11-15-22(20)28(5)24(26)19-25-27(4,18-8-2)21-14-10-12-16-23(21)29(25)6/h9-16,19H,7-8,17-18H2,1-6H3/q+1. The molecule has 2 aromatic carbocycles. The average molecular weight is 388 g/mol. The van der Waals surface area contributed by atoms with Crippen LogP contribution < -0.4 is 4.90 Å². The average Bonchev–Trinajstić information content (AvgIpc) is 3.06. The highest BCUT2D eigenvalue weighted by molar-refractivity contribution is 6.04. The van der Waals surface area contributed by atoms with E-state index in [2.05, 4.69) is 106 Å². The van der Waals surface area contributed by atoms with Gasteiger partial charge in [0.25, 0.3) is 0 Å². The Kier molecular flexibility index (Phi) is 4.93. The summed E-state index contributed by atoms with van der Waals surface area (Å²) in [6.45, 7) is 9.47. The van der Waals surface area contributed by atoms with Crippen LogP contribution in [0, 0.1) is 0 Å². The Bertz CT molecular complexity index is 999. The first-order valence-corrected chi connectivity index (χ1v) is 11.1. The first-order chi connectivity index (χ1) is 13.9. The molecule has 0 aromatic heterocycles. The number of allylic oxidation sites excluding steroid dienone is 2. The third kappa shape index (κ3) is 2.79. The van der Waals surface area contributed by atoms with Crippen molar-refractivity contribution in [1.82, 2.24) is 0 Å². The van der Waals surface area contributed by atoms with Crippen LogP contribution in [0.25, 0.3) is 0 Å². The number of likely N-dealkylation sites (N-methyl/N-ethyl adjacent to an activating group) is 1. The number of benzene rings is 2. The van der Waals surface area contributed by atoms with Gasteiger partial charge in [-0.05, 0) is 38.3 Å². The lowest BCUT2D eigenvalue weighted by Crippen LogP contribution is -2.34. The topological polar surface area (TPSA) is 6.25 Å². The van der Waals surface area contributed by atoms with Crippen molar-refractivity contribution in [2.24, 2.45) is 0 Å². The second-order valence-corrected chi connectivity index (χ2v) is 9.23. The molecule has 0 saturated heterocycles. The molecule has 2 atom stereocenters. The second-order valence-electron chi connectivity index (χ2n) is 9.23. The van der Waals surface area contributed by atoms with E-state index in [-0.39, 0.29) is 10.8 Å². The van der Waals surface area contributed by atoms with Gasteiger partial charge < -0.3 is 4.90 Å². The molecule has 0 spiro atoms. The van der Waals surface area contributed by atoms with Gasteiger partial charge in [0.1, 0.15) is 7.05 Å². The molecule has 2 unspecified atom stereocenters. The molecule has 0 aliphatic carbocycles. The molecular formula is C27H35N2+. The van der Waals surface area contributed by atoms with Crippen molar-refractivity contribution < 1.29 is 4.58 Å². The molecule has 0 amide bonds. The summed E-state index contributed by atoms with van der Waals surface area (Å²) in [4.78, 5) is 2.43. The van der Waals surface area contributed by atoms with E-state index in [1.165, 1.54) is 46.8 Å². The number of hydrogen-bond acceptors (Lipinski definition) is 1. The van der Waals surface area contributed by atoms with Gasteiger partial charge >= 0.3 is 0 Å². The molecule has 152 valence electrons. The molecule has 2 heterocycles. The minimum Gasteiger partial charge on any atom is -0.347 e. The van der Waals surface area contributed by atoms with Crippen molar-refractivity contribution in [2.45, 2.75) is 64.2 Å². The van der Waals surface area contributed by atoms with Gasteiger partial charge in [-0.2, -0.15) is 4.58 Å². The van der Waals surface area contributed by atoms with E-state index in [0.29, 0.717) is 0 Å². The largest absolute Gasteiger partial charge is 0.347 e. The zero-order valence-corrected chi connectivity index (χ0v) is 18.9. The highest BCUT2D eigenvalue weighted by Crippen LogP contribution is 2.51. The molecule has 0 saturated carbocycles. The van der Waals surface area contributed by atoms with Crippen LogP contribution in [0.5, 0.6) is 0 Å². The van der Waals surface area contributed by atoms with Gasteiger partial charge in [0.15, 0.2) is 5.71 Å². The Balaban J connectivity index is 1.92. The lowest BCUT2D eigenvalue weighted by molar-refractivity contribution is -0.401. The first kappa shape index (κ1) is 19.9. The molecule has 0 N–H and O–H groups in total. The number of rotatable bonds is 5. The van der Waals surface area contributed by atoms with Crippen molar-refractivity contribution in [2.75, 3.05) is 19.0 Å². The predicted molar refractivity (Wildman–Crippen MR) is 125 cm³/mol. The van der Waals surface area contributed by atoms with Crippen LogP contribution in [0.15, 0.2) is 60.3 Å². The maximum Gasteiger partial charge on any atom is 0.209 e. The minimum atomic E-state index is 0.0514. The Labute approximate surface area is 176 Å². The highest BCUT2D eigenvalue weighted by atomic mass is 15.2. The zero-order chi connectivity index (χ0) is 20.8. The van der Waals surface area contributed by atoms with Gasteiger partial charge in [-0.3, -0.25) is 0 Å². The summed E-state index contributed by atoms with van der Waals surface area (Å²) in [6, 6.07) is 17.9. The quantitative estimate of drug-likeness (QED) is 0.526. The van der Waals surface area contributed by atoms with Gasteiger partial charge in [-0.1, -0.05) is 63.1 Å². The summed E-state index contributed by atoms with van der Waals surface area (Å²) < 4.78 is 2.43. The van der Waals surface area contributed by atoms with E-state index >= 15 is 0 Å². The molecule has 0 fully saturated rings. The summed E-state index contributed by atoms with van der Waals surface area (Å²) in [7, 11) is 4.48. The summed E-state index contributed by atoms with van der Waals surface area (Å²) in [6.07, 6.45) is 7.19. The number of fused-ring (bicyclic) bond motifs is 2. The zero-order valence-electron chi connectivity index (χ0n) is 18.9. The van der Waals surface area contributed by atoms with Crippen LogP contribution in [0.4, 0.5) is 11.4 Å². The van der Waals surface area contributed by atoms with Crippen LogP contribution in [-0.2, 0) is 10.8 Å². The third-order valence-corrected chi connectivity index (χ3v) is 7.35. The van der Waals surface area contributed by atoms with Gasteiger partial charge in [0.05, 0.1) is 5.41 Å². The summed E-state index contributed by atoms with van der Waals surface area (Å²) >= 11 is 0. The fourth-order valence-electron chi connectivity index (χ4n) is 5.91. The van der Waals surface area contributed by atoms with Crippen LogP contribution in [0.1, 0.15) is 64.5 Å². The lowest BCUT2D eigenvalue weighted by Gasteiger charge is -2.30. The van der Waals surface area contributed by atoms with Crippen molar-refractivity contribution in [3.05, 3.63) is 71.4 Å². The molecule has 0 bridgehead atoms. The Morgan fingerprint density at radius 1 is 0.862 bits per heavy atom. The molecule has 4 rings (SSSR count). The molecule has 0 radical (unpaired) electrons. The SMILES string of the molecule is CCCC1(C)C(/C=C2/N(C)c3ccccc3C2(C)CCC)=[N+](C)c2ccccc21. The molecule has 2 aliphatic rings. The maximum atomic E-state index is 2.52. The summed E-state index contributed by atoms with van der Waals surface area (Å²) in [5.41, 5.74) is 8.59. The van der Waals surface area contributed by atoms with Crippen molar-refractivity contribution >= 4 is 17.1 Å². The molecule has 2 heteroatoms. The first-order valence-electron chi connectivity index (χ1n) is 11.1. The number of para-hydroxylation sites is 2. The number of nitrogens with zero attached hydrogens (tertiary/aromatic N) is 2. The van der Waals surface area contributed by atoms with Gasteiger partial charge in [-0.25, -0.2) is 0 Å². The van der Waals surface area contributed by atoms with E-state index in [9.17, 15) is 0 Å². The second kappa shape index (κ2) is 7.16. The van der Waals surface area contributed by atoms with Gasteiger partial charge in [-0.15, -0.1) is 0 Å². The smallest absolute Gasteiger partial charge is 0.209 e. The van der Waals surface area contributed by atoms with Crippen molar-refractivity contribution in [1.29, 1.82) is 0 Å². The van der Waals surface area contributed by atoms with Crippen LogP contribution in [-0.4, -0.2) is 24.4 Å². The normalized spacial score (nSPS) is 27.0. The van der Waals surface area contributed by atoms with Crippen LogP contribution in [0.2, 0.25) is 0 Å². The van der Waals surface area contributed by atoms with Crippen molar-refractivity contribution in [3.63, 3.8) is 0 Å². The van der Waals surface area contributed by atoms with Crippen LogP contribution in [0.3, 0.4) is 0 Å². The van der Waals surface area contributed by atoms with Gasteiger partial charge in [0, 0.05) is 41.6 Å². The monoisotopic (exact) mass is 387 g/mol. The third-order valence-electron chi connectivity index (χ3n) is 7.35. The summed E-state index contributed by atoms with van der Waals surface area (Å²) in [5, 5.41) is 0. The minimum absolute atomic E-state index is 0.0514. The summed E-state index contributed by atoms with van der Waals surface area (Å²) in [5.74, 6) is 0. The van der Waals surface area contributed by atoms with E-state index in [0.717, 1.165) is 12.8 Å². The van der Waals surface area contributed by atoms with E-state index < -0.39 is 0 Å². The Hall–Kier alpha value is -2.35. The molecule has 2 aliphatic heterocycles. The fourth-order valence-corrected chi connectivity index (χ4v) is 5.91.